The van der Waals surface area contributed by atoms with Gasteiger partial charge < -0.3 is 14.8 Å². The van der Waals surface area contributed by atoms with E-state index >= 15 is 0 Å². The second-order valence-electron chi connectivity index (χ2n) is 6.59. The SMILES string of the molecule is COc1cc(NC(=O)CN2CCc3sccc3C2c2cccs2)cc(OC)c1. The monoisotopic (exact) mass is 414 g/mol. The van der Waals surface area contributed by atoms with Gasteiger partial charge in [-0.3, -0.25) is 9.69 Å². The van der Waals surface area contributed by atoms with Crippen molar-refractivity contribution < 1.29 is 14.3 Å². The first-order valence-electron chi connectivity index (χ1n) is 9.04. The average molecular weight is 415 g/mol. The minimum absolute atomic E-state index is 0.0458. The Morgan fingerprint density at radius 2 is 1.93 bits per heavy atom. The molecule has 1 aromatic carbocycles. The topological polar surface area (TPSA) is 50.8 Å². The molecule has 1 amide bonds. The predicted octanol–water partition coefficient (Wildman–Crippen LogP) is 4.41. The zero-order chi connectivity index (χ0) is 19.5. The number of carbonyl (C=O) groups excluding carboxylic acids is 1. The molecule has 1 unspecified atom stereocenters. The summed E-state index contributed by atoms with van der Waals surface area (Å²) < 4.78 is 10.6. The Morgan fingerprint density at radius 1 is 1.14 bits per heavy atom. The first-order chi connectivity index (χ1) is 13.7. The molecule has 0 bridgehead atoms. The third-order valence-electron chi connectivity index (χ3n) is 4.86. The number of hydrogen-bond acceptors (Lipinski definition) is 6. The highest BCUT2D eigenvalue weighted by molar-refractivity contribution is 7.10. The quantitative estimate of drug-likeness (QED) is 0.649. The Kier molecular flexibility index (Phi) is 5.66. The van der Waals surface area contributed by atoms with E-state index in [2.05, 4.69) is 39.2 Å². The maximum absolute atomic E-state index is 12.8. The molecule has 0 saturated carbocycles. The van der Waals surface area contributed by atoms with Crippen LogP contribution in [0.5, 0.6) is 11.5 Å². The van der Waals surface area contributed by atoms with E-state index in [0.29, 0.717) is 23.7 Å². The first kappa shape index (κ1) is 19.0. The lowest BCUT2D eigenvalue weighted by atomic mass is 9.98. The van der Waals surface area contributed by atoms with Gasteiger partial charge in [-0.2, -0.15) is 0 Å². The number of carbonyl (C=O) groups is 1. The Bertz CT molecular complexity index is 930. The molecule has 0 radical (unpaired) electrons. The maximum Gasteiger partial charge on any atom is 0.238 e. The molecule has 1 atom stereocenters. The molecule has 146 valence electrons. The number of nitrogens with one attached hydrogen (secondary N) is 1. The fourth-order valence-electron chi connectivity index (χ4n) is 3.58. The number of anilines is 1. The Labute approximate surface area is 172 Å². The van der Waals surface area contributed by atoms with E-state index in [1.807, 2.05) is 11.3 Å². The van der Waals surface area contributed by atoms with E-state index in [-0.39, 0.29) is 11.9 Å². The van der Waals surface area contributed by atoms with Gasteiger partial charge in [0.15, 0.2) is 0 Å². The van der Waals surface area contributed by atoms with Crippen molar-refractivity contribution in [2.24, 2.45) is 0 Å². The van der Waals surface area contributed by atoms with E-state index in [9.17, 15) is 4.79 Å². The number of thiophene rings is 2. The molecular weight excluding hydrogens is 392 g/mol. The highest BCUT2D eigenvalue weighted by Gasteiger charge is 2.31. The van der Waals surface area contributed by atoms with Gasteiger partial charge in [0.1, 0.15) is 11.5 Å². The normalized spacial score (nSPS) is 16.4. The van der Waals surface area contributed by atoms with Gasteiger partial charge in [-0.1, -0.05) is 6.07 Å². The molecule has 3 heterocycles. The van der Waals surface area contributed by atoms with Crippen molar-refractivity contribution in [2.75, 3.05) is 32.6 Å². The summed E-state index contributed by atoms with van der Waals surface area (Å²) in [5, 5.41) is 7.23. The summed E-state index contributed by atoms with van der Waals surface area (Å²) in [4.78, 5) is 17.8. The van der Waals surface area contributed by atoms with Crippen LogP contribution in [0.3, 0.4) is 0 Å². The summed E-state index contributed by atoms with van der Waals surface area (Å²) in [6, 6.07) is 11.9. The smallest absolute Gasteiger partial charge is 0.238 e. The average Bonchev–Trinajstić information content (AvgIpc) is 3.39. The largest absolute Gasteiger partial charge is 0.497 e. The third kappa shape index (κ3) is 3.92. The van der Waals surface area contributed by atoms with Crippen LogP contribution in [0.15, 0.2) is 47.2 Å². The number of rotatable bonds is 6. The fourth-order valence-corrected chi connectivity index (χ4v) is 5.36. The molecule has 4 rings (SSSR count). The van der Waals surface area contributed by atoms with Crippen LogP contribution in [-0.4, -0.2) is 38.1 Å². The molecule has 7 heteroatoms. The molecule has 1 aliphatic rings. The number of benzene rings is 1. The predicted molar refractivity (Wildman–Crippen MR) is 114 cm³/mol. The second kappa shape index (κ2) is 8.34. The zero-order valence-electron chi connectivity index (χ0n) is 15.8. The Balaban J connectivity index is 1.52. The number of ether oxygens (including phenoxy) is 2. The van der Waals surface area contributed by atoms with Crippen molar-refractivity contribution in [2.45, 2.75) is 12.5 Å². The first-order valence-corrected chi connectivity index (χ1v) is 10.8. The van der Waals surface area contributed by atoms with Crippen LogP contribution in [0.25, 0.3) is 0 Å². The second-order valence-corrected chi connectivity index (χ2v) is 8.57. The van der Waals surface area contributed by atoms with Crippen molar-refractivity contribution in [3.05, 3.63) is 62.5 Å². The van der Waals surface area contributed by atoms with Crippen molar-refractivity contribution in [1.82, 2.24) is 4.90 Å². The number of nitrogens with zero attached hydrogens (tertiary/aromatic N) is 1. The van der Waals surface area contributed by atoms with E-state index in [1.54, 1.807) is 43.8 Å². The highest BCUT2D eigenvalue weighted by Crippen LogP contribution is 2.39. The van der Waals surface area contributed by atoms with Crippen LogP contribution in [0.2, 0.25) is 0 Å². The van der Waals surface area contributed by atoms with Crippen molar-refractivity contribution >= 4 is 34.3 Å². The van der Waals surface area contributed by atoms with Crippen molar-refractivity contribution in [3.8, 4) is 11.5 Å². The minimum atomic E-state index is -0.0458. The molecule has 5 nitrogen and oxygen atoms in total. The third-order valence-corrected chi connectivity index (χ3v) is 6.78. The van der Waals surface area contributed by atoms with E-state index in [0.717, 1.165) is 13.0 Å². The zero-order valence-corrected chi connectivity index (χ0v) is 17.4. The lowest BCUT2D eigenvalue weighted by molar-refractivity contribution is -0.117. The Morgan fingerprint density at radius 3 is 2.61 bits per heavy atom. The standard InChI is InChI=1S/C21H22N2O3S2/c1-25-15-10-14(11-16(12-15)26-2)22-20(24)13-23-7-5-18-17(6-9-28-18)21(23)19-4-3-8-27-19/h3-4,6,8-12,21H,5,7,13H2,1-2H3,(H,22,24). The highest BCUT2D eigenvalue weighted by atomic mass is 32.1. The lowest BCUT2D eigenvalue weighted by Crippen LogP contribution is -2.40. The van der Waals surface area contributed by atoms with Crippen LogP contribution in [0, 0.1) is 0 Å². The van der Waals surface area contributed by atoms with Gasteiger partial charge >= 0.3 is 0 Å². The van der Waals surface area contributed by atoms with E-state index in [1.165, 1.54) is 15.3 Å². The van der Waals surface area contributed by atoms with Crippen LogP contribution in [0.4, 0.5) is 5.69 Å². The van der Waals surface area contributed by atoms with Gasteiger partial charge in [0.25, 0.3) is 0 Å². The number of methoxy groups -OCH3 is 2. The molecule has 0 spiro atoms. The van der Waals surface area contributed by atoms with Crippen molar-refractivity contribution in [1.29, 1.82) is 0 Å². The van der Waals surface area contributed by atoms with Crippen LogP contribution >= 0.6 is 22.7 Å². The summed E-state index contributed by atoms with van der Waals surface area (Å²) in [6.45, 7) is 1.20. The molecular formula is C21H22N2O3S2. The molecule has 1 N–H and O–H groups in total. The molecule has 1 aliphatic heterocycles. The van der Waals surface area contributed by atoms with Gasteiger partial charge in [-0.25, -0.2) is 0 Å². The van der Waals surface area contributed by atoms with Gasteiger partial charge in [-0.05, 0) is 34.9 Å². The van der Waals surface area contributed by atoms with Gasteiger partial charge in [0, 0.05) is 40.2 Å². The maximum atomic E-state index is 12.8. The Hall–Kier alpha value is -2.35. The number of hydrogen-bond donors (Lipinski definition) is 1. The number of fused-ring (bicyclic) bond motifs is 1. The van der Waals surface area contributed by atoms with Crippen molar-refractivity contribution in [3.63, 3.8) is 0 Å². The molecule has 0 aliphatic carbocycles. The summed E-state index contributed by atoms with van der Waals surface area (Å²) in [7, 11) is 3.19. The molecule has 0 saturated heterocycles. The van der Waals surface area contributed by atoms with Crippen LogP contribution in [-0.2, 0) is 11.2 Å². The van der Waals surface area contributed by atoms with Gasteiger partial charge in [0.2, 0.25) is 5.91 Å². The fraction of sp³-hybridized carbons (Fsp3) is 0.286. The van der Waals surface area contributed by atoms with E-state index in [4.69, 9.17) is 9.47 Å². The van der Waals surface area contributed by atoms with Crippen LogP contribution < -0.4 is 14.8 Å². The molecule has 28 heavy (non-hydrogen) atoms. The lowest BCUT2D eigenvalue weighted by Gasteiger charge is -2.34. The van der Waals surface area contributed by atoms with Gasteiger partial charge in [0.05, 0.1) is 26.8 Å². The summed E-state index contributed by atoms with van der Waals surface area (Å²) >= 11 is 3.55. The van der Waals surface area contributed by atoms with Gasteiger partial charge in [-0.15, -0.1) is 22.7 Å². The van der Waals surface area contributed by atoms with Crippen LogP contribution in [0.1, 0.15) is 21.4 Å². The minimum Gasteiger partial charge on any atom is -0.497 e. The summed E-state index contributed by atoms with van der Waals surface area (Å²) in [5.74, 6) is 1.24. The molecule has 3 aromatic rings. The number of amides is 1. The summed E-state index contributed by atoms with van der Waals surface area (Å²) in [6.07, 6.45) is 0.981. The molecule has 2 aromatic heterocycles. The molecule has 0 fully saturated rings. The van der Waals surface area contributed by atoms with E-state index < -0.39 is 0 Å². The summed E-state index contributed by atoms with van der Waals surface area (Å²) in [5.41, 5.74) is 2.00.